The predicted octanol–water partition coefficient (Wildman–Crippen LogP) is 0.974. The van der Waals surface area contributed by atoms with Crippen LogP contribution in [0.4, 0.5) is 0 Å². The Balaban J connectivity index is 2.59. The van der Waals surface area contributed by atoms with Crippen LogP contribution in [0.3, 0.4) is 0 Å². The highest BCUT2D eigenvalue weighted by Crippen LogP contribution is 1.98. The van der Waals surface area contributed by atoms with Crippen LogP contribution in [0.1, 0.15) is 24.4 Å². The molecular weight excluding hydrogens is 184 g/mol. The smallest absolute Gasteiger partial charge is 0.307 e. The van der Waals surface area contributed by atoms with Crippen LogP contribution in [0.25, 0.3) is 0 Å². The van der Waals surface area contributed by atoms with Crippen molar-refractivity contribution in [2.24, 2.45) is 5.10 Å². The molecule has 0 atom stereocenters. The summed E-state index contributed by atoms with van der Waals surface area (Å²) in [5.74, 6) is -0.509. The summed E-state index contributed by atoms with van der Waals surface area (Å²) in [6.07, 6.45) is 1.39. The fourth-order valence-electron chi connectivity index (χ4n) is 0.676. The molecule has 0 unspecified atom stereocenters. The van der Waals surface area contributed by atoms with E-state index in [4.69, 9.17) is 4.42 Å². The molecule has 1 heterocycles. The third-order valence-electron chi connectivity index (χ3n) is 1.58. The van der Waals surface area contributed by atoms with Gasteiger partial charge in [-0.2, -0.15) is 5.10 Å². The van der Waals surface area contributed by atoms with Gasteiger partial charge in [0.2, 0.25) is 0 Å². The Morgan fingerprint density at radius 2 is 2.14 bits per heavy atom. The number of furan rings is 1. The highest BCUT2D eigenvalue weighted by Gasteiger charge is 2.07. The first-order valence-corrected chi connectivity index (χ1v) is 4.00. The third kappa shape index (κ3) is 2.55. The summed E-state index contributed by atoms with van der Waals surface area (Å²) in [4.78, 5) is 21.9. The lowest BCUT2D eigenvalue weighted by Crippen LogP contribution is -2.20. The maximum atomic E-state index is 11.2. The second kappa shape index (κ2) is 4.36. The van der Waals surface area contributed by atoms with Gasteiger partial charge in [-0.1, -0.05) is 0 Å². The summed E-state index contributed by atoms with van der Waals surface area (Å²) in [6, 6.07) is 3.10. The zero-order chi connectivity index (χ0) is 10.6. The van der Waals surface area contributed by atoms with Crippen LogP contribution in [0.2, 0.25) is 0 Å². The Labute approximate surface area is 80.8 Å². The Bertz CT molecular complexity index is 365. The van der Waals surface area contributed by atoms with Gasteiger partial charge in [-0.15, -0.1) is 0 Å². The normalized spacial score (nSPS) is 11.1. The maximum absolute atomic E-state index is 11.2. The second-order valence-electron chi connectivity index (χ2n) is 2.67. The number of hydrogen-bond donors (Lipinski definition) is 1. The minimum absolute atomic E-state index is 0.158. The lowest BCUT2D eigenvalue weighted by molar-refractivity contribution is -0.111. The number of nitrogens with one attached hydrogen (secondary N) is 1. The van der Waals surface area contributed by atoms with E-state index in [2.05, 4.69) is 10.5 Å². The van der Waals surface area contributed by atoms with Gasteiger partial charge < -0.3 is 4.42 Å². The average molecular weight is 194 g/mol. The largest absolute Gasteiger partial charge is 0.459 e. The fraction of sp³-hybridized carbons (Fsp3) is 0.222. The van der Waals surface area contributed by atoms with Gasteiger partial charge in [0.05, 0.1) is 6.26 Å². The SMILES string of the molecule is CC(=O)C(C)=NNC(=O)c1ccco1. The number of carbonyl (C=O) groups is 2. The number of rotatable bonds is 3. The first kappa shape index (κ1) is 10.2. The predicted molar refractivity (Wildman–Crippen MR) is 50.0 cm³/mol. The molecule has 0 aromatic carbocycles. The molecule has 1 amide bonds. The molecule has 0 spiro atoms. The van der Waals surface area contributed by atoms with Gasteiger partial charge in [0.1, 0.15) is 5.71 Å². The van der Waals surface area contributed by atoms with Gasteiger partial charge in [-0.3, -0.25) is 9.59 Å². The highest BCUT2D eigenvalue weighted by atomic mass is 16.3. The van der Waals surface area contributed by atoms with Gasteiger partial charge in [-0.25, -0.2) is 5.43 Å². The number of amides is 1. The molecule has 0 aliphatic carbocycles. The van der Waals surface area contributed by atoms with Crippen molar-refractivity contribution in [3.8, 4) is 0 Å². The van der Waals surface area contributed by atoms with Crippen LogP contribution in [0.15, 0.2) is 27.9 Å². The molecule has 0 aliphatic rings. The molecule has 74 valence electrons. The molecule has 0 aliphatic heterocycles. The van der Waals surface area contributed by atoms with E-state index >= 15 is 0 Å². The highest BCUT2D eigenvalue weighted by molar-refractivity contribution is 6.38. The monoisotopic (exact) mass is 194 g/mol. The number of carbonyl (C=O) groups excluding carboxylic acids is 2. The van der Waals surface area contributed by atoms with E-state index in [1.54, 1.807) is 6.07 Å². The summed E-state index contributed by atoms with van der Waals surface area (Å²) in [5.41, 5.74) is 2.44. The minimum atomic E-state index is -0.476. The van der Waals surface area contributed by atoms with E-state index in [9.17, 15) is 9.59 Å². The molecule has 0 fully saturated rings. The molecule has 0 saturated heterocycles. The standard InChI is InChI=1S/C9H10N2O3/c1-6(7(2)12)10-11-9(13)8-4-3-5-14-8/h3-5H,1-2H3,(H,11,13). The maximum Gasteiger partial charge on any atom is 0.307 e. The Kier molecular flexibility index (Phi) is 3.17. The van der Waals surface area contributed by atoms with E-state index < -0.39 is 5.91 Å². The first-order valence-electron chi connectivity index (χ1n) is 4.00. The number of hydrogen-bond acceptors (Lipinski definition) is 4. The van der Waals surface area contributed by atoms with Gasteiger partial charge in [0, 0.05) is 6.92 Å². The number of nitrogens with zero attached hydrogens (tertiary/aromatic N) is 1. The van der Waals surface area contributed by atoms with E-state index in [0.29, 0.717) is 0 Å². The molecule has 1 aromatic heterocycles. The zero-order valence-electron chi connectivity index (χ0n) is 7.90. The van der Waals surface area contributed by atoms with Crippen molar-refractivity contribution < 1.29 is 14.0 Å². The van der Waals surface area contributed by atoms with Crippen LogP contribution in [-0.2, 0) is 4.79 Å². The van der Waals surface area contributed by atoms with Crippen LogP contribution in [0.5, 0.6) is 0 Å². The molecule has 0 saturated carbocycles. The summed E-state index contributed by atoms with van der Waals surface area (Å²) < 4.78 is 4.82. The number of ketones is 1. The molecule has 1 N–H and O–H groups in total. The van der Waals surface area contributed by atoms with E-state index in [1.165, 1.54) is 26.2 Å². The average Bonchev–Trinajstić information content (AvgIpc) is 2.66. The number of Topliss-reactive ketones (excluding diaryl/α,β-unsaturated/α-hetero) is 1. The molecule has 5 nitrogen and oxygen atoms in total. The van der Waals surface area contributed by atoms with Gasteiger partial charge in [-0.05, 0) is 19.1 Å². The van der Waals surface area contributed by atoms with Crippen molar-refractivity contribution in [2.45, 2.75) is 13.8 Å². The molecule has 1 rings (SSSR count). The Morgan fingerprint density at radius 3 is 2.64 bits per heavy atom. The topological polar surface area (TPSA) is 71.7 Å². The van der Waals surface area contributed by atoms with Crippen molar-refractivity contribution in [2.75, 3.05) is 0 Å². The lowest BCUT2D eigenvalue weighted by Gasteiger charge is -1.96. The second-order valence-corrected chi connectivity index (χ2v) is 2.67. The summed E-state index contributed by atoms with van der Waals surface area (Å²) >= 11 is 0. The molecule has 0 bridgehead atoms. The van der Waals surface area contributed by atoms with E-state index in [1.807, 2.05) is 0 Å². The molecule has 5 heteroatoms. The van der Waals surface area contributed by atoms with Crippen LogP contribution in [0, 0.1) is 0 Å². The minimum Gasteiger partial charge on any atom is -0.459 e. The lowest BCUT2D eigenvalue weighted by atomic mass is 10.3. The molecule has 1 aromatic rings. The van der Waals surface area contributed by atoms with Crippen molar-refractivity contribution in [3.63, 3.8) is 0 Å². The quantitative estimate of drug-likeness (QED) is 0.575. The number of hydrazone groups is 1. The Hall–Kier alpha value is -1.91. The van der Waals surface area contributed by atoms with E-state index in [0.717, 1.165) is 0 Å². The van der Waals surface area contributed by atoms with Gasteiger partial charge in [0.25, 0.3) is 0 Å². The van der Waals surface area contributed by atoms with Gasteiger partial charge >= 0.3 is 5.91 Å². The van der Waals surface area contributed by atoms with Crippen molar-refractivity contribution in [1.29, 1.82) is 0 Å². The molecular formula is C9H10N2O3. The molecule has 0 radical (unpaired) electrons. The first-order chi connectivity index (χ1) is 6.61. The van der Waals surface area contributed by atoms with Crippen molar-refractivity contribution in [3.05, 3.63) is 24.2 Å². The van der Waals surface area contributed by atoms with Crippen LogP contribution < -0.4 is 5.43 Å². The summed E-state index contributed by atoms with van der Waals surface area (Å²) in [5, 5.41) is 3.59. The fourth-order valence-corrected chi connectivity index (χ4v) is 0.676. The van der Waals surface area contributed by atoms with Crippen molar-refractivity contribution in [1.82, 2.24) is 5.43 Å². The van der Waals surface area contributed by atoms with Gasteiger partial charge in [0.15, 0.2) is 11.5 Å². The van der Waals surface area contributed by atoms with Crippen LogP contribution >= 0.6 is 0 Å². The van der Waals surface area contributed by atoms with E-state index in [-0.39, 0.29) is 17.3 Å². The zero-order valence-corrected chi connectivity index (χ0v) is 7.90. The van der Waals surface area contributed by atoms with Crippen LogP contribution in [-0.4, -0.2) is 17.4 Å². The summed E-state index contributed by atoms with van der Waals surface area (Å²) in [6.45, 7) is 2.89. The molecule has 14 heavy (non-hydrogen) atoms. The summed E-state index contributed by atoms with van der Waals surface area (Å²) in [7, 11) is 0. The third-order valence-corrected chi connectivity index (χ3v) is 1.58. The van der Waals surface area contributed by atoms with Crippen molar-refractivity contribution >= 4 is 17.4 Å². The Morgan fingerprint density at radius 1 is 1.43 bits per heavy atom.